The van der Waals surface area contributed by atoms with E-state index in [9.17, 15) is 4.39 Å². The van der Waals surface area contributed by atoms with Gasteiger partial charge in [0, 0.05) is 5.69 Å². The van der Waals surface area contributed by atoms with E-state index < -0.39 is 0 Å². The Bertz CT molecular complexity index is 233. The van der Waals surface area contributed by atoms with Crippen LogP contribution in [0, 0.1) is 12.7 Å². The molecule has 1 rings (SSSR count). The van der Waals surface area contributed by atoms with Crippen molar-refractivity contribution in [3.63, 3.8) is 0 Å². The third kappa shape index (κ3) is 2.99. The lowest BCUT2D eigenvalue weighted by molar-refractivity contribution is 0.610. The fourth-order valence-corrected chi connectivity index (χ4v) is 0.791. The highest BCUT2D eigenvalue weighted by atomic mass is 19.1. The second-order valence-electron chi connectivity index (χ2n) is 2.28. The molecule has 1 nitrogen and oxygen atoms in total. The normalized spacial score (nSPS) is 8.75. The van der Waals surface area contributed by atoms with Gasteiger partial charge in [-0.25, -0.2) is 4.39 Å². The summed E-state index contributed by atoms with van der Waals surface area (Å²) >= 11 is 0. The quantitative estimate of drug-likeness (QED) is 0.629. The van der Waals surface area contributed by atoms with E-state index in [1.165, 1.54) is 6.20 Å². The van der Waals surface area contributed by atoms with Crippen LogP contribution in [0.5, 0.6) is 0 Å². The number of nitrogens with zero attached hydrogens (tertiary/aromatic N) is 1. The third-order valence-corrected chi connectivity index (χ3v) is 1.47. The number of halogens is 1. The topological polar surface area (TPSA) is 12.9 Å². The highest BCUT2D eigenvalue weighted by molar-refractivity contribution is 5.16. The Morgan fingerprint density at radius 1 is 1.42 bits per heavy atom. The maximum absolute atomic E-state index is 12.6. The van der Waals surface area contributed by atoms with Gasteiger partial charge < -0.3 is 0 Å². The molecule has 0 unspecified atom stereocenters. The lowest BCUT2D eigenvalue weighted by Gasteiger charge is -1.97. The number of hydrogen-bond donors (Lipinski definition) is 0. The Morgan fingerprint density at radius 3 is 2.42 bits per heavy atom. The monoisotopic (exact) mass is 169 g/mol. The van der Waals surface area contributed by atoms with E-state index in [0.717, 1.165) is 12.1 Å². The zero-order valence-corrected chi connectivity index (χ0v) is 8.19. The van der Waals surface area contributed by atoms with Crippen molar-refractivity contribution in [2.45, 2.75) is 34.1 Å². The Labute approximate surface area is 73.6 Å². The molecule has 0 bridgehead atoms. The minimum atomic E-state index is -0.225. The summed E-state index contributed by atoms with van der Waals surface area (Å²) in [6.07, 6.45) is 2.13. The van der Waals surface area contributed by atoms with E-state index in [2.05, 4.69) is 4.98 Å². The van der Waals surface area contributed by atoms with E-state index in [1.807, 2.05) is 20.8 Å². The van der Waals surface area contributed by atoms with Crippen LogP contribution in [-0.2, 0) is 6.42 Å². The number of aromatic nitrogens is 1. The molecule has 0 amide bonds. The van der Waals surface area contributed by atoms with Gasteiger partial charge in [-0.15, -0.1) is 0 Å². The molecule has 0 N–H and O–H groups in total. The highest BCUT2D eigenvalue weighted by Crippen LogP contribution is 2.05. The average molecular weight is 169 g/mol. The molecular formula is C10H16FN. The molecule has 0 radical (unpaired) electrons. The van der Waals surface area contributed by atoms with Gasteiger partial charge in [-0.3, -0.25) is 4.98 Å². The van der Waals surface area contributed by atoms with Gasteiger partial charge in [-0.1, -0.05) is 20.8 Å². The summed E-state index contributed by atoms with van der Waals surface area (Å²) in [6.45, 7) is 7.75. The van der Waals surface area contributed by atoms with Crippen molar-refractivity contribution < 1.29 is 4.39 Å². The van der Waals surface area contributed by atoms with Crippen molar-refractivity contribution in [3.8, 4) is 0 Å². The van der Waals surface area contributed by atoms with Gasteiger partial charge in [0.25, 0.3) is 0 Å². The molecule has 0 saturated heterocycles. The SMILES string of the molecule is CC.CCc1cc(C)c(F)cn1. The van der Waals surface area contributed by atoms with Crippen LogP contribution >= 0.6 is 0 Å². The summed E-state index contributed by atoms with van der Waals surface area (Å²) in [5, 5.41) is 0. The zero-order chi connectivity index (χ0) is 9.56. The molecule has 0 aliphatic rings. The van der Waals surface area contributed by atoms with Crippen LogP contribution in [-0.4, -0.2) is 4.98 Å². The van der Waals surface area contributed by atoms with Crippen LogP contribution in [0.15, 0.2) is 12.3 Å². The van der Waals surface area contributed by atoms with Gasteiger partial charge in [0.15, 0.2) is 0 Å². The van der Waals surface area contributed by atoms with E-state index in [-0.39, 0.29) is 5.82 Å². The minimum absolute atomic E-state index is 0.225. The standard InChI is InChI=1S/C8H10FN.C2H6/c1-3-7-4-6(2)8(9)5-10-7;1-2/h4-5H,3H2,1-2H3;1-2H3. The Morgan fingerprint density at radius 2 is 2.00 bits per heavy atom. The van der Waals surface area contributed by atoms with Gasteiger partial charge in [-0.05, 0) is 25.0 Å². The van der Waals surface area contributed by atoms with Crippen LogP contribution in [0.25, 0.3) is 0 Å². The van der Waals surface area contributed by atoms with Gasteiger partial charge >= 0.3 is 0 Å². The second kappa shape index (κ2) is 5.70. The summed E-state index contributed by atoms with van der Waals surface area (Å²) in [4.78, 5) is 3.88. The average Bonchev–Trinajstić information content (AvgIpc) is 2.13. The molecule has 0 saturated carbocycles. The van der Waals surface area contributed by atoms with Crippen LogP contribution in [0.1, 0.15) is 32.0 Å². The minimum Gasteiger partial charge on any atom is -0.258 e. The predicted octanol–water partition coefficient (Wildman–Crippen LogP) is 3.12. The van der Waals surface area contributed by atoms with E-state index in [4.69, 9.17) is 0 Å². The number of hydrogen-bond acceptors (Lipinski definition) is 1. The van der Waals surface area contributed by atoms with E-state index in [0.29, 0.717) is 5.56 Å². The first-order valence-electron chi connectivity index (χ1n) is 4.35. The van der Waals surface area contributed by atoms with Crippen LogP contribution in [0.4, 0.5) is 4.39 Å². The first-order valence-corrected chi connectivity index (χ1v) is 4.35. The summed E-state index contributed by atoms with van der Waals surface area (Å²) < 4.78 is 12.6. The lowest BCUT2D eigenvalue weighted by atomic mass is 10.2. The summed E-state index contributed by atoms with van der Waals surface area (Å²) in [5.74, 6) is -0.225. The molecule has 68 valence electrons. The summed E-state index contributed by atoms with van der Waals surface area (Å²) in [5.41, 5.74) is 1.62. The third-order valence-electron chi connectivity index (χ3n) is 1.47. The van der Waals surface area contributed by atoms with Gasteiger partial charge in [0.1, 0.15) is 5.82 Å². The molecule has 0 aliphatic heterocycles. The lowest BCUT2D eigenvalue weighted by Crippen LogP contribution is -1.90. The van der Waals surface area contributed by atoms with Crippen molar-refractivity contribution >= 4 is 0 Å². The molecule has 0 fully saturated rings. The van der Waals surface area contributed by atoms with Crippen molar-refractivity contribution in [2.24, 2.45) is 0 Å². The van der Waals surface area contributed by atoms with Gasteiger partial charge in [-0.2, -0.15) is 0 Å². The summed E-state index contributed by atoms with van der Waals surface area (Å²) in [6, 6.07) is 1.77. The first-order chi connectivity index (χ1) is 5.74. The molecule has 0 aliphatic carbocycles. The molecular weight excluding hydrogens is 153 g/mol. The van der Waals surface area contributed by atoms with E-state index in [1.54, 1.807) is 13.0 Å². The Hall–Kier alpha value is -0.920. The number of pyridine rings is 1. The molecule has 0 spiro atoms. The molecule has 1 aromatic heterocycles. The molecule has 12 heavy (non-hydrogen) atoms. The molecule has 0 aromatic carbocycles. The molecule has 1 aromatic rings. The second-order valence-corrected chi connectivity index (χ2v) is 2.28. The Balaban J connectivity index is 0.000000561. The van der Waals surface area contributed by atoms with Crippen LogP contribution in [0.2, 0.25) is 0 Å². The van der Waals surface area contributed by atoms with Gasteiger partial charge in [0.05, 0.1) is 6.20 Å². The van der Waals surface area contributed by atoms with Crippen LogP contribution in [0.3, 0.4) is 0 Å². The van der Waals surface area contributed by atoms with Crippen molar-refractivity contribution in [1.82, 2.24) is 4.98 Å². The number of rotatable bonds is 1. The van der Waals surface area contributed by atoms with Crippen molar-refractivity contribution in [3.05, 3.63) is 29.3 Å². The predicted molar refractivity (Wildman–Crippen MR) is 49.7 cm³/mol. The first kappa shape index (κ1) is 11.1. The number of aryl methyl sites for hydroxylation is 2. The fraction of sp³-hybridized carbons (Fsp3) is 0.500. The van der Waals surface area contributed by atoms with Crippen molar-refractivity contribution in [2.75, 3.05) is 0 Å². The molecule has 1 heterocycles. The molecule has 2 heteroatoms. The fourth-order valence-electron chi connectivity index (χ4n) is 0.791. The van der Waals surface area contributed by atoms with Gasteiger partial charge in [0.2, 0.25) is 0 Å². The zero-order valence-electron chi connectivity index (χ0n) is 8.19. The highest BCUT2D eigenvalue weighted by Gasteiger charge is 1.96. The Kier molecular flexibility index (Phi) is 5.26. The maximum atomic E-state index is 12.6. The van der Waals surface area contributed by atoms with E-state index >= 15 is 0 Å². The van der Waals surface area contributed by atoms with Crippen LogP contribution < -0.4 is 0 Å². The largest absolute Gasteiger partial charge is 0.258 e. The summed E-state index contributed by atoms with van der Waals surface area (Å²) in [7, 11) is 0. The maximum Gasteiger partial charge on any atom is 0.144 e. The van der Waals surface area contributed by atoms with Crippen molar-refractivity contribution in [1.29, 1.82) is 0 Å². The smallest absolute Gasteiger partial charge is 0.144 e. The molecule has 0 atom stereocenters.